The minimum atomic E-state index is 0.366. The first-order chi connectivity index (χ1) is 7.31. The van der Waals surface area contributed by atoms with Gasteiger partial charge in [-0.2, -0.15) is 0 Å². The first kappa shape index (κ1) is 11.1. The summed E-state index contributed by atoms with van der Waals surface area (Å²) in [7, 11) is 0. The van der Waals surface area contributed by atoms with Gasteiger partial charge in [0, 0.05) is 24.9 Å². The van der Waals surface area contributed by atoms with Crippen LogP contribution < -0.4 is 0 Å². The van der Waals surface area contributed by atoms with E-state index in [4.69, 9.17) is 0 Å². The molecule has 2 nitrogen and oxygen atoms in total. The van der Waals surface area contributed by atoms with E-state index < -0.39 is 0 Å². The average Bonchev–Trinajstić information content (AvgIpc) is 2.86. The van der Waals surface area contributed by atoms with Gasteiger partial charge in [0.25, 0.3) is 0 Å². The second kappa shape index (κ2) is 5.11. The molecule has 0 aromatic heterocycles. The van der Waals surface area contributed by atoms with Crippen molar-refractivity contribution in [3.8, 4) is 0 Å². The summed E-state index contributed by atoms with van der Waals surface area (Å²) in [5, 5.41) is 0. The Bertz CT molecular complexity index is 221. The minimum Gasteiger partial charge on any atom is -0.300 e. The number of nitrogens with zero attached hydrogens (tertiary/aromatic N) is 1. The molecule has 2 heteroatoms. The van der Waals surface area contributed by atoms with E-state index in [-0.39, 0.29) is 0 Å². The second-order valence-electron chi connectivity index (χ2n) is 5.08. The van der Waals surface area contributed by atoms with Gasteiger partial charge in [0.2, 0.25) is 0 Å². The molecule has 0 bridgehead atoms. The van der Waals surface area contributed by atoms with Crippen LogP contribution >= 0.6 is 0 Å². The van der Waals surface area contributed by atoms with E-state index in [1.54, 1.807) is 0 Å². The summed E-state index contributed by atoms with van der Waals surface area (Å²) in [5.41, 5.74) is 0. The number of rotatable bonds is 4. The Morgan fingerprint density at radius 1 is 1.20 bits per heavy atom. The van der Waals surface area contributed by atoms with E-state index in [0.29, 0.717) is 11.7 Å². The van der Waals surface area contributed by atoms with Crippen molar-refractivity contribution >= 4 is 5.78 Å². The van der Waals surface area contributed by atoms with Gasteiger partial charge in [-0.25, -0.2) is 0 Å². The van der Waals surface area contributed by atoms with Gasteiger partial charge in [-0.15, -0.1) is 0 Å². The highest BCUT2D eigenvalue weighted by Crippen LogP contribution is 2.27. The average molecular weight is 209 g/mol. The van der Waals surface area contributed by atoms with Crippen molar-refractivity contribution in [2.24, 2.45) is 5.92 Å². The maximum Gasteiger partial charge on any atom is 0.137 e. The van der Waals surface area contributed by atoms with Gasteiger partial charge < -0.3 is 0 Å². The molecule has 0 amide bonds. The molecule has 2 aliphatic rings. The first-order valence-electron chi connectivity index (χ1n) is 6.58. The molecule has 2 saturated carbocycles. The maximum absolute atomic E-state index is 11.6. The maximum atomic E-state index is 11.6. The van der Waals surface area contributed by atoms with Crippen molar-refractivity contribution in [1.29, 1.82) is 0 Å². The van der Waals surface area contributed by atoms with Crippen LogP contribution in [0.4, 0.5) is 0 Å². The SMILES string of the molecule is CCN(CC1CCCC1=O)C1CCCC1. The lowest BCUT2D eigenvalue weighted by atomic mass is 10.1. The van der Waals surface area contributed by atoms with Crippen LogP contribution in [0, 0.1) is 5.92 Å². The van der Waals surface area contributed by atoms with Gasteiger partial charge in [-0.3, -0.25) is 9.69 Å². The van der Waals surface area contributed by atoms with Crippen LogP contribution in [-0.4, -0.2) is 29.8 Å². The standard InChI is InChI=1S/C13H23NO/c1-2-14(12-7-3-4-8-12)10-11-6-5-9-13(11)15/h11-12H,2-10H2,1H3. The molecule has 2 aliphatic carbocycles. The zero-order valence-corrected chi connectivity index (χ0v) is 9.87. The molecular weight excluding hydrogens is 186 g/mol. The predicted molar refractivity (Wildman–Crippen MR) is 61.9 cm³/mol. The summed E-state index contributed by atoms with van der Waals surface area (Å²) in [6, 6.07) is 0.781. The molecule has 0 aromatic rings. The first-order valence-corrected chi connectivity index (χ1v) is 6.58. The van der Waals surface area contributed by atoms with Crippen LogP contribution in [-0.2, 0) is 4.79 Å². The molecule has 2 rings (SSSR count). The molecule has 0 N–H and O–H groups in total. The van der Waals surface area contributed by atoms with Crippen molar-refractivity contribution in [3.05, 3.63) is 0 Å². The highest BCUT2D eigenvalue weighted by atomic mass is 16.1. The molecule has 2 fully saturated rings. The number of carbonyl (C=O) groups is 1. The van der Waals surface area contributed by atoms with Gasteiger partial charge in [0.05, 0.1) is 0 Å². The Kier molecular flexibility index (Phi) is 3.79. The van der Waals surface area contributed by atoms with Crippen LogP contribution in [0.1, 0.15) is 51.9 Å². The largest absolute Gasteiger partial charge is 0.300 e. The summed E-state index contributed by atoms with van der Waals surface area (Å²) >= 11 is 0. The van der Waals surface area contributed by atoms with Gasteiger partial charge in [-0.05, 0) is 32.2 Å². The molecule has 0 aliphatic heterocycles. The predicted octanol–water partition coefficient (Wildman–Crippen LogP) is 2.62. The Balaban J connectivity index is 1.86. The fourth-order valence-electron chi connectivity index (χ4n) is 3.17. The van der Waals surface area contributed by atoms with Gasteiger partial charge in [0.15, 0.2) is 0 Å². The Morgan fingerprint density at radius 2 is 1.93 bits per heavy atom. The summed E-state index contributed by atoms with van der Waals surface area (Å²) < 4.78 is 0. The smallest absolute Gasteiger partial charge is 0.137 e. The number of ketones is 1. The van der Waals surface area contributed by atoms with Crippen LogP contribution in [0.25, 0.3) is 0 Å². The normalized spacial score (nSPS) is 28.1. The fourth-order valence-corrected chi connectivity index (χ4v) is 3.17. The zero-order chi connectivity index (χ0) is 10.7. The number of hydrogen-bond acceptors (Lipinski definition) is 2. The molecule has 0 heterocycles. The molecule has 0 spiro atoms. The molecule has 1 atom stereocenters. The van der Waals surface area contributed by atoms with Crippen LogP contribution in [0.5, 0.6) is 0 Å². The van der Waals surface area contributed by atoms with E-state index in [1.807, 2.05) is 0 Å². The number of Topliss-reactive ketones (excluding diaryl/α,β-unsaturated/α-hetero) is 1. The van der Waals surface area contributed by atoms with Crippen LogP contribution in [0.3, 0.4) is 0 Å². The van der Waals surface area contributed by atoms with Crippen LogP contribution in [0.15, 0.2) is 0 Å². The monoisotopic (exact) mass is 209 g/mol. The van der Waals surface area contributed by atoms with Crippen molar-refractivity contribution in [2.75, 3.05) is 13.1 Å². The minimum absolute atomic E-state index is 0.366. The van der Waals surface area contributed by atoms with Crippen molar-refractivity contribution in [1.82, 2.24) is 4.90 Å². The van der Waals surface area contributed by atoms with Gasteiger partial charge in [-0.1, -0.05) is 19.8 Å². The summed E-state index contributed by atoms with van der Waals surface area (Å²) in [5.74, 6) is 0.886. The summed E-state index contributed by atoms with van der Waals surface area (Å²) in [4.78, 5) is 14.2. The lowest BCUT2D eigenvalue weighted by Gasteiger charge is -2.29. The third-order valence-corrected chi connectivity index (χ3v) is 4.13. The van der Waals surface area contributed by atoms with Gasteiger partial charge in [0.1, 0.15) is 5.78 Å². The zero-order valence-electron chi connectivity index (χ0n) is 9.87. The Morgan fingerprint density at radius 3 is 2.47 bits per heavy atom. The fraction of sp³-hybridized carbons (Fsp3) is 0.923. The Hall–Kier alpha value is -0.370. The second-order valence-corrected chi connectivity index (χ2v) is 5.08. The molecule has 1 unspecified atom stereocenters. The van der Waals surface area contributed by atoms with E-state index in [0.717, 1.165) is 38.4 Å². The topological polar surface area (TPSA) is 20.3 Å². The van der Waals surface area contributed by atoms with Crippen molar-refractivity contribution in [3.63, 3.8) is 0 Å². The summed E-state index contributed by atoms with van der Waals surface area (Å²) in [6.07, 6.45) is 8.60. The molecule has 15 heavy (non-hydrogen) atoms. The van der Waals surface area contributed by atoms with E-state index >= 15 is 0 Å². The molecular formula is C13H23NO. The molecule has 0 aromatic carbocycles. The lowest BCUT2D eigenvalue weighted by Crippen LogP contribution is -2.38. The van der Waals surface area contributed by atoms with E-state index in [1.165, 1.54) is 25.7 Å². The van der Waals surface area contributed by atoms with E-state index in [2.05, 4.69) is 11.8 Å². The highest BCUT2D eigenvalue weighted by molar-refractivity contribution is 5.83. The highest BCUT2D eigenvalue weighted by Gasteiger charge is 2.29. The number of hydrogen-bond donors (Lipinski definition) is 0. The number of carbonyl (C=O) groups excluding carboxylic acids is 1. The molecule has 0 radical (unpaired) electrons. The summed E-state index contributed by atoms with van der Waals surface area (Å²) in [6.45, 7) is 4.40. The van der Waals surface area contributed by atoms with Crippen LogP contribution in [0.2, 0.25) is 0 Å². The Labute approximate surface area is 93.0 Å². The van der Waals surface area contributed by atoms with E-state index in [9.17, 15) is 4.79 Å². The van der Waals surface area contributed by atoms with Crippen molar-refractivity contribution in [2.45, 2.75) is 57.9 Å². The lowest BCUT2D eigenvalue weighted by molar-refractivity contribution is -0.121. The molecule has 0 saturated heterocycles. The quantitative estimate of drug-likeness (QED) is 0.709. The van der Waals surface area contributed by atoms with Crippen molar-refractivity contribution < 1.29 is 4.79 Å². The third-order valence-electron chi connectivity index (χ3n) is 4.13. The third kappa shape index (κ3) is 2.60. The van der Waals surface area contributed by atoms with Gasteiger partial charge >= 0.3 is 0 Å². The molecule has 86 valence electrons.